The first-order valence-corrected chi connectivity index (χ1v) is 9.46. The molecule has 0 spiro atoms. The molecule has 27 heavy (non-hydrogen) atoms. The SMILES string of the molecule is CCOC(=O)c1ccc(NC(=O)c2cncc(N3CCCCCC3)c2)cc1. The number of carbonyl (C=O) groups is 2. The van der Waals surface area contributed by atoms with Gasteiger partial charge in [-0.05, 0) is 50.1 Å². The van der Waals surface area contributed by atoms with Gasteiger partial charge in [0.05, 0.1) is 29.6 Å². The highest BCUT2D eigenvalue weighted by Gasteiger charge is 2.14. The van der Waals surface area contributed by atoms with Crippen molar-refractivity contribution in [3.63, 3.8) is 0 Å². The summed E-state index contributed by atoms with van der Waals surface area (Å²) in [7, 11) is 0. The molecule has 3 rings (SSSR count). The lowest BCUT2D eigenvalue weighted by Crippen LogP contribution is -2.24. The zero-order chi connectivity index (χ0) is 19.1. The molecule has 1 saturated heterocycles. The van der Waals surface area contributed by atoms with Crippen LogP contribution in [0.25, 0.3) is 0 Å². The van der Waals surface area contributed by atoms with Gasteiger partial charge in [-0.15, -0.1) is 0 Å². The van der Waals surface area contributed by atoms with E-state index in [1.54, 1.807) is 37.4 Å². The highest BCUT2D eigenvalue weighted by Crippen LogP contribution is 2.20. The summed E-state index contributed by atoms with van der Waals surface area (Å²) in [5.41, 5.74) is 2.58. The van der Waals surface area contributed by atoms with Crippen LogP contribution in [0.15, 0.2) is 42.7 Å². The number of amides is 1. The van der Waals surface area contributed by atoms with Crippen LogP contribution in [0.2, 0.25) is 0 Å². The fourth-order valence-electron chi connectivity index (χ4n) is 3.16. The number of nitrogens with zero attached hydrogens (tertiary/aromatic N) is 2. The zero-order valence-corrected chi connectivity index (χ0v) is 15.6. The highest BCUT2D eigenvalue weighted by atomic mass is 16.5. The number of ether oxygens (including phenoxy) is 1. The fraction of sp³-hybridized carbons (Fsp3) is 0.381. The molecule has 2 aromatic rings. The van der Waals surface area contributed by atoms with Crippen molar-refractivity contribution >= 4 is 23.3 Å². The van der Waals surface area contributed by atoms with E-state index in [1.165, 1.54) is 25.7 Å². The first kappa shape index (κ1) is 18.9. The Bertz CT molecular complexity index is 782. The number of carbonyl (C=O) groups excluding carboxylic acids is 2. The molecule has 1 fully saturated rings. The second-order valence-corrected chi connectivity index (χ2v) is 6.59. The molecule has 1 amide bonds. The Morgan fingerprint density at radius 2 is 1.74 bits per heavy atom. The van der Waals surface area contributed by atoms with E-state index in [0.29, 0.717) is 23.4 Å². The lowest BCUT2D eigenvalue weighted by atomic mass is 10.2. The topological polar surface area (TPSA) is 71.5 Å². The molecule has 0 radical (unpaired) electrons. The Hall–Kier alpha value is -2.89. The molecule has 0 atom stereocenters. The maximum atomic E-state index is 12.6. The molecule has 1 N–H and O–H groups in total. The number of anilines is 2. The second kappa shape index (κ2) is 9.16. The van der Waals surface area contributed by atoms with Crippen molar-refractivity contribution in [2.45, 2.75) is 32.6 Å². The van der Waals surface area contributed by atoms with Gasteiger partial charge in [0.15, 0.2) is 0 Å². The minimum absolute atomic E-state index is 0.219. The predicted octanol–water partition coefficient (Wildman–Crippen LogP) is 3.89. The summed E-state index contributed by atoms with van der Waals surface area (Å²) in [4.78, 5) is 30.8. The first-order chi connectivity index (χ1) is 13.2. The number of pyridine rings is 1. The minimum Gasteiger partial charge on any atom is -0.462 e. The molecule has 0 saturated carbocycles. The summed E-state index contributed by atoms with van der Waals surface area (Å²) in [6.07, 6.45) is 8.24. The second-order valence-electron chi connectivity index (χ2n) is 6.59. The molecular formula is C21H25N3O3. The summed E-state index contributed by atoms with van der Waals surface area (Å²) < 4.78 is 4.96. The summed E-state index contributed by atoms with van der Waals surface area (Å²) in [6.45, 7) is 4.10. The Kier molecular flexibility index (Phi) is 6.41. The van der Waals surface area contributed by atoms with Crippen LogP contribution < -0.4 is 10.2 Å². The van der Waals surface area contributed by atoms with Crippen molar-refractivity contribution in [2.24, 2.45) is 0 Å². The van der Waals surface area contributed by atoms with Gasteiger partial charge in [-0.3, -0.25) is 9.78 Å². The largest absolute Gasteiger partial charge is 0.462 e. The molecule has 1 aliphatic heterocycles. The molecule has 142 valence electrons. The normalized spacial score (nSPS) is 14.3. The molecule has 2 heterocycles. The summed E-state index contributed by atoms with van der Waals surface area (Å²) in [5, 5.41) is 2.85. The van der Waals surface area contributed by atoms with Crippen LogP contribution in [0.5, 0.6) is 0 Å². The number of rotatable bonds is 5. The van der Waals surface area contributed by atoms with E-state index in [4.69, 9.17) is 4.74 Å². The zero-order valence-electron chi connectivity index (χ0n) is 15.6. The van der Waals surface area contributed by atoms with Crippen LogP contribution in [0, 0.1) is 0 Å². The first-order valence-electron chi connectivity index (χ1n) is 9.46. The van der Waals surface area contributed by atoms with Crippen molar-refractivity contribution in [3.05, 3.63) is 53.9 Å². The van der Waals surface area contributed by atoms with Gasteiger partial charge in [0.25, 0.3) is 5.91 Å². The third-order valence-electron chi connectivity index (χ3n) is 4.61. The average Bonchev–Trinajstić information content (AvgIpc) is 2.98. The van der Waals surface area contributed by atoms with Crippen molar-refractivity contribution in [2.75, 3.05) is 29.9 Å². The van der Waals surface area contributed by atoms with E-state index in [2.05, 4.69) is 15.2 Å². The van der Waals surface area contributed by atoms with E-state index < -0.39 is 0 Å². The Labute approximate surface area is 159 Å². The maximum absolute atomic E-state index is 12.6. The molecule has 6 heteroatoms. The van der Waals surface area contributed by atoms with Crippen molar-refractivity contribution in [3.8, 4) is 0 Å². The number of hydrogen-bond acceptors (Lipinski definition) is 5. The van der Waals surface area contributed by atoms with Crippen LogP contribution in [0.1, 0.15) is 53.3 Å². The Balaban J connectivity index is 1.67. The number of aromatic nitrogens is 1. The third kappa shape index (κ3) is 5.06. The third-order valence-corrected chi connectivity index (χ3v) is 4.61. The number of benzene rings is 1. The number of hydrogen-bond donors (Lipinski definition) is 1. The quantitative estimate of drug-likeness (QED) is 0.812. The Morgan fingerprint density at radius 1 is 1.04 bits per heavy atom. The van der Waals surface area contributed by atoms with Gasteiger partial charge < -0.3 is 15.0 Å². The van der Waals surface area contributed by atoms with Crippen molar-refractivity contribution in [1.82, 2.24) is 4.98 Å². The van der Waals surface area contributed by atoms with Gasteiger partial charge in [0.2, 0.25) is 0 Å². The van der Waals surface area contributed by atoms with Gasteiger partial charge >= 0.3 is 5.97 Å². The highest BCUT2D eigenvalue weighted by molar-refractivity contribution is 6.04. The molecule has 6 nitrogen and oxygen atoms in total. The predicted molar refractivity (Wildman–Crippen MR) is 105 cm³/mol. The van der Waals surface area contributed by atoms with E-state index in [1.807, 2.05) is 12.3 Å². The molecule has 1 aromatic heterocycles. The molecule has 1 aliphatic rings. The maximum Gasteiger partial charge on any atom is 0.338 e. The fourth-order valence-corrected chi connectivity index (χ4v) is 3.16. The Morgan fingerprint density at radius 3 is 2.41 bits per heavy atom. The van der Waals surface area contributed by atoms with Gasteiger partial charge in [-0.25, -0.2) is 4.79 Å². The molecule has 0 aliphatic carbocycles. The van der Waals surface area contributed by atoms with Gasteiger partial charge in [-0.1, -0.05) is 12.8 Å². The van der Waals surface area contributed by atoms with Crippen LogP contribution >= 0.6 is 0 Å². The molecule has 1 aromatic carbocycles. The van der Waals surface area contributed by atoms with Crippen molar-refractivity contribution < 1.29 is 14.3 Å². The smallest absolute Gasteiger partial charge is 0.338 e. The average molecular weight is 367 g/mol. The summed E-state index contributed by atoms with van der Waals surface area (Å²) in [5.74, 6) is -0.590. The minimum atomic E-state index is -0.371. The van der Waals surface area contributed by atoms with E-state index in [0.717, 1.165) is 18.8 Å². The van der Waals surface area contributed by atoms with Gasteiger partial charge in [0.1, 0.15) is 0 Å². The van der Waals surface area contributed by atoms with E-state index >= 15 is 0 Å². The molecule has 0 unspecified atom stereocenters. The van der Waals surface area contributed by atoms with E-state index in [9.17, 15) is 9.59 Å². The monoisotopic (exact) mass is 367 g/mol. The number of nitrogens with one attached hydrogen (secondary N) is 1. The van der Waals surface area contributed by atoms with E-state index in [-0.39, 0.29) is 11.9 Å². The van der Waals surface area contributed by atoms with Crippen LogP contribution in [0.4, 0.5) is 11.4 Å². The summed E-state index contributed by atoms with van der Waals surface area (Å²) >= 11 is 0. The standard InChI is InChI=1S/C21H25N3O3/c1-2-27-21(26)16-7-9-18(10-8-16)23-20(25)17-13-19(15-22-14-17)24-11-5-3-4-6-12-24/h7-10,13-15H,2-6,11-12H2,1H3,(H,23,25). The van der Waals surface area contributed by atoms with Gasteiger partial charge in [-0.2, -0.15) is 0 Å². The van der Waals surface area contributed by atoms with Gasteiger partial charge in [0, 0.05) is 25.0 Å². The van der Waals surface area contributed by atoms with Crippen LogP contribution in [-0.4, -0.2) is 36.6 Å². The molecule has 0 bridgehead atoms. The van der Waals surface area contributed by atoms with Crippen LogP contribution in [0.3, 0.4) is 0 Å². The molecular weight excluding hydrogens is 342 g/mol. The lowest BCUT2D eigenvalue weighted by molar-refractivity contribution is 0.0526. The summed E-state index contributed by atoms with van der Waals surface area (Å²) in [6, 6.07) is 8.55. The lowest BCUT2D eigenvalue weighted by Gasteiger charge is -2.22. The number of esters is 1. The van der Waals surface area contributed by atoms with Crippen molar-refractivity contribution in [1.29, 1.82) is 0 Å². The van der Waals surface area contributed by atoms with Crippen LogP contribution in [-0.2, 0) is 4.74 Å².